The van der Waals surface area contributed by atoms with Gasteiger partial charge < -0.3 is 10.2 Å². The summed E-state index contributed by atoms with van der Waals surface area (Å²) in [7, 11) is 1.65. The Bertz CT molecular complexity index is 771. The first-order valence-electron chi connectivity index (χ1n) is 7.35. The van der Waals surface area contributed by atoms with Gasteiger partial charge in [0.05, 0.1) is 5.69 Å². The number of halogens is 1. The molecular weight excluding hydrogens is 316 g/mol. The van der Waals surface area contributed by atoms with Crippen molar-refractivity contribution in [3.63, 3.8) is 0 Å². The van der Waals surface area contributed by atoms with Gasteiger partial charge in [-0.1, -0.05) is 17.7 Å². The number of benzene rings is 1. The first kappa shape index (κ1) is 15.6. The van der Waals surface area contributed by atoms with Crippen molar-refractivity contribution < 1.29 is 9.59 Å². The van der Waals surface area contributed by atoms with Crippen LogP contribution < -0.4 is 5.32 Å². The lowest BCUT2D eigenvalue weighted by atomic mass is 10.2. The minimum atomic E-state index is -0.431. The predicted molar refractivity (Wildman–Crippen MR) is 87.7 cm³/mol. The highest BCUT2D eigenvalue weighted by Gasteiger charge is 2.33. The zero-order chi connectivity index (χ0) is 16.6. The molecule has 1 aliphatic rings. The number of amides is 2. The smallest absolute Gasteiger partial charge is 0.248 e. The van der Waals surface area contributed by atoms with Crippen molar-refractivity contribution in [3.05, 3.63) is 41.0 Å². The van der Waals surface area contributed by atoms with Gasteiger partial charge in [-0.05, 0) is 31.5 Å². The van der Waals surface area contributed by atoms with E-state index in [1.54, 1.807) is 29.9 Å². The molecule has 0 spiro atoms. The third kappa shape index (κ3) is 3.07. The van der Waals surface area contributed by atoms with Crippen LogP contribution in [0.4, 0.5) is 5.82 Å². The van der Waals surface area contributed by atoms with E-state index in [2.05, 4.69) is 10.4 Å². The monoisotopic (exact) mass is 332 g/mol. The van der Waals surface area contributed by atoms with Crippen LogP contribution in [-0.4, -0.2) is 39.6 Å². The topological polar surface area (TPSA) is 67.2 Å². The minimum Gasteiger partial charge on any atom is -0.334 e. The summed E-state index contributed by atoms with van der Waals surface area (Å²) in [5.41, 5.74) is 1.70. The molecule has 6 nitrogen and oxygen atoms in total. The molecule has 0 bridgehead atoms. The SMILES string of the molecule is Cc1cc(NC(=O)[C@H]2CCC(=O)N2C)nn1-c1cccc(Cl)c1. The number of carbonyl (C=O) groups excluding carboxylic acids is 2. The molecule has 1 fully saturated rings. The van der Waals surface area contributed by atoms with E-state index in [0.29, 0.717) is 23.7 Å². The fraction of sp³-hybridized carbons (Fsp3) is 0.312. The van der Waals surface area contributed by atoms with E-state index in [4.69, 9.17) is 11.6 Å². The molecule has 0 saturated carbocycles. The van der Waals surface area contributed by atoms with Crippen LogP contribution in [0.1, 0.15) is 18.5 Å². The quantitative estimate of drug-likeness (QED) is 0.938. The van der Waals surface area contributed by atoms with E-state index < -0.39 is 6.04 Å². The molecule has 23 heavy (non-hydrogen) atoms. The number of anilines is 1. The molecule has 3 rings (SSSR count). The second-order valence-electron chi connectivity index (χ2n) is 5.61. The molecule has 2 amide bonds. The van der Waals surface area contributed by atoms with Crippen molar-refractivity contribution >= 4 is 29.2 Å². The summed E-state index contributed by atoms with van der Waals surface area (Å²) in [6.45, 7) is 1.90. The van der Waals surface area contributed by atoms with E-state index in [9.17, 15) is 9.59 Å². The molecule has 1 aromatic carbocycles. The number of likely N-dealkylation sites (tertiary alicyclic amines) is 1. The van der Waals surface area contributed by atoms with Gasteiger partial charge in [0.25, 0.3) is 0 Å². The largest absolute Gasteiger partial charge is 0.334 e. The molecular formula is C16H17ClN4O2. The average molecular weight is 333 g/mol. The number of carbonyl (C=O) groups is 2. The molecule has 0 radical (unpaired) electrons. The number of hydrogen-bond donors (Lipinski definition) is 1. The van der Waals surface area contributed by atoms with Crippen molar-refractivity contribution in [3.8, 4) is 5.69 Å². The molecule has 120 valence electrons. The lowest BCUT2D eigenvalue weighted by Gasteiger charge is -2.18. The maximum absolute atomic E-state index is 12.3. The maximum Gasteiger partial charge on any atom is 0.248 e. The van der Waals surface area contributed by atoms with Crippen LogP contribution in [0.3, 0.4) is 0 Å². The number of nitrogens with one attached hydrogen (secondary N) is 1. The molecule has 0 aliphatic carbocycles. The van der Waals surface area contributed by atoms with Crippen molar-refractivity contribution in [2.75, 3.05) is 12.4 Å². The summed E-state index contributed by atoms with van der Waals surface area (Å²) in [4.78, 5) is 25.3. The molecule has 1 atom stereocenters. The van der Waals surface area contributed by atoms with Crippen LogP contribution >= 0.6 is 11.6 Å². The van der Waals surface area contributed by atoms with Gasteiger partial charge in [0.2, 0.25) is 11.8 Å². The first-order chi connectivity index (χ1) is 11.0. The van der Waals surface area contributed by atoms with Crippen LogP contribution in [0.2, 0.25) is 5.02 Å². The van der Waals surface area contributed by atoms with Crippen LogP contribution in [0.5, 0.6) is 0 Å². The summed E-state index contributed by atoms with van der Waals surface area (Å²) >= 11 is 6.01. The molecule has 0 unspecified atom stereocenters. The highest BCUT2D eigenvalue weighted by Crippen LogP contribution is 2.21. The van der Waals surface area contributed by atoms with E-state index in [-0.39, 0.29) is 11.8 Å². The lowest BCUT2D eigenvalue weighted by molar-refractivity contribution is -0.131. The van der Waals surface area contributed by atoms with Crippen LogP contribution in [0, 0.1) is 6.92 Å². The normalized spacial score (nSPS) is 17.6. The Balaban J connectivity index is 1.79. The molecule has 2 heterocycles. The summed E-state index contributed by atoms with van der Waals surface area (Å²) in [6, 6.07) is 8.68. The molecule has 7 heteroatoms. The Kier molecular flexibility index (Phi) is 4.09. The second-order valence-corrected chi connectivity index (χ2v) is 6.05. The molecule has 1 aliphatic heterocycles. The van der Waals surface area contributed by atoms with Crippen LogP contribution in [-0.2, 0) is 9.59 Å². The standard InChI is InChI=1S/C16H17ClN4O2/c1-10-8-14(18-16(23)13-6-7-15(22)20(13)2)19-21(10)12-5-3-4-11(17)9-12/h3-5,8-9,13H,6-7H2,1-2H3,(H,18,19,23)/t13-/m1/s1. The van der Waals surface area contributed by atoms with Crippen LogP contribution in [0.25, 0.3) is 5.69 Å². The fourth-order valence-electron chi connectivity index (χ4n) is 2.73. The van der Waals surface area contributed by atoms with Gasteiger partial charge >= 0.3 is 0 Å². The van der Waals surface area contributed by atoms with Crippen molar-refractivity contribution in [2.45, 2.75) is 25.8 Å². The maximum atomic E-state index is 12.3. The third-order valence-corrected chi connectivity index (χ3v) is 4.22. The third-order valence-electron chi connectivity index (χ3n) is 3.99. The Hall–Kier alpha value is -2.34. The van der Waals surface area contributed by atoms with E-state index in [0.717, 1.165) is 11.4 Å². The average Bonchev–Trinajstić information content (AvgIpc) is 3.03. The Morgan fingerprint density at radius 1 is 1.39 bits per heavy atom. The van der Waals surface area contributed by atoms with Gasteiger partial charge in [0.1, 0.15) is 6.04 Å². The molecule has 1 N–H and O–H groups in total. The fourth-order valence-corrected chi connectivity index (χ4v) is 2.91. The first-order valence-corrected chi connectivity index (χ1v) is 7.72. The van der Waals surface area contributed by atoms with Crippen LogP contribution in [0.15, 0.2) is 30.3 Å². The Morgan fingerprint density at radius 2 is 2.17 bits per heavy atom. The number of likely N-dealkylation sites (N-methyl/N-ethyl adjacent to an activating group) is 1. The van der Waals surface area contributed by atoms with Gasteiger partial charge in [-0.25, -0.2) is 4.68 Å². The van der Waals surface area contributed by atoms with E-state index >= 15 is 0 Å². The zero-order valence-corrected chi connectivity index (χ0v) is 13.7. The van der Waals surface area contributed by atoms with Gasteiger partial charge in [-0.2, -0.15) is 0 Å². The zero-order valence-electron chi connectivity index (χ0n) is 12.9. The lowest BCUT2D eigenvalue weighted by Crippen LogP contribution is -2.39. The summed E-state index contributed by atoms with van der Waals surface area (Å²) in [5, 5.41) is 7.80. The number of nitrogens with zero attached hydrogens (tertiary/aromatic N) is 3. The summed E-state index contributed by atoms with van der Waals surface area (Å²) < 4.78 is 1.71. The van der Waals surface area contributed by atoms with Crippen molar-refractivity contribution in [2.24, 2.45) is 0 Å². The highest BCUT2D eigenvalue weighted by atomic mass is 35.5. The molecule has 2 aromatic rings. The molecule has 1 aromatic heterocycles. The van der Waals surface area contributed by atoms with Gasteiger partial charge in [-0.15, -0.1) is 5.10 Å². The number of aryl methyl sites for hydroxylation is 1. The Labute approximate surface area is 139 Å². The number of rotatable bonds is 3. The van der Waals surface area contributed by atoms with E-state index in [1.165, 1.54) is 4.90 Å². The summed E-state index contributed by atoms with van der Waals surface area (Å²) in [6.07, 6.45) is 0.944. The molecule has 1 saturated heterocycles. The van der Waals surface area contributed by atoms with Gasteiger partial charge in [-0.3, -0.25) is 9.59 Å². The second kappa shape index (κ2) is 6.04. The predicted octanol–water partition coefficient (Wildman–Crippen LogP) is 2.39. The minimum absolute atomic E-state index is 0.00853. The van der Waals surface area contributed by atoms with E-state index in [1.807, 2.05) is 19.1 Å². The van der Waals surface area contributed by atoms with Gasteiger partial charge in [0.15, 0.2) is 5.82 Å². The summed E-state index contributed by atoms with van der Waals surface area (Å²) in [5.74, 6) is 0.236. The van der Waals surface area contributed by atoms with Crippen molar-refractivity contribution in [1.29, 1.82) is 0 Å². The number of hydrogen-bond acceptors (Lipinski definition) is 3. The van der Waals surface area contributed by atoms with Gasteiger partial charge in [0, 0.05) is 30.3 Å². The number of aromatic nitrogens is 2. The van der Waals surface area contributed by atoms with Crippen molar-refractivity contribution in [1.82, 2.24) is 14.7 Å². The Morgan fingerprint density at radius 3 is 2.83 bits per heavy atom. The highest BCUT2D eigenvalue weighted by molar-refractivity contribution is 6.30.